The molecule has 0 aliphatic carbocycles. The fourth-order valence-electron chi connectivity index (χ4n) is 1.83. The first kappa shape index (κ1) is 13.6. The van der Waals surface area contributed by atoms with E-state index in [1.54, 1.807) is 49.5 Å². The summed E-state index contributed by atoms with van der Waals surface area (Å²) < 4.78 is 0. The van der Waals surface area contributed by atoms with Crippen LogP contribution in [0.2, 0.25) is 0 Å². The third kappa shape index (κ3) is 2.75. The Kier molecular flexibility index (Phi) is 3.96. The largest absolute Gasteiger partial charge is 0.359 e. The molecule has 1 aromatic carbocycles. The normalized spacial score (nSPS) is 11.4. The number of nitrogens with zero attached hydrogens (tertiary/aromatic N) is 1. The van der Waals surface area contributed by atoms with Crippen LogP contribution in [0.1, 0.15) is 16.1 Å². The Hall–Kier alpha value is -2.87. The molecule has 5 nitrogen and oxygen atoms in total. The molecular weight excluding hydrogens is 254 g/mol. The number of aryl methyl sites for hydroxylation is 1. The van der Waals surface area contributed by atoms with E-state index in [9.17, 15) is 9.59 Å². The van der Waals surface area contributed by atoms with Crippen LogP contribution >= 0.6 is 0 Å². The van der Waals surface area contributed by atoms with Gasteiger partial charge in [-0.2, -0.15) is 5.26 Å². The van der Waals surface area contributed by atoms with Crippen molar-refractivity contribution >= 4 is 17.4 Å². The van der Waals surface area contributed by atoms with Gasteiger partial charge in [-0.1, -0.05) is 18.2 Å². The quantitative estimate of drug-likeness (QED) is 0.658. The number of carbonyl (C=O) groups excluding carboxylic acids is 2. The first-order chi connectivity index (χ1) is 9.63. The van der Waals surface area contributed by atoms with Crippen molar-refractivity contribution in [3.63, 3.8) is 0 Å². The molecule has 1 unspecified atom stereocenters. The van der Waals surface area contributed by atoms with Crippen molar-refractivity contribution in [2.24, 2.45) is 5.92 Å². The number of H-pyrrole nitrogens is 1. The molecule has 5 heteroatoms. The molecule has 0 saturated carbocycles. The summed E-state index contributed by atoms with van der Waals surface area (Å²) in [5.74, 6) is -2.52. The fraction of sp³-hybridized carbons (Fsp3) is 0.133. The van der Waals surface area contributed by atoms with Crippen LogP contribution in [0, 0.1) is 24.2 Å². The van der Waals surface area contributed by atoms with Crippen molar-refractivity contribution in [3.05, 3.63) is 53.9 Å². The van der Waals surface area contributed by atoms with Crippen molar-refractivity contribution in [3.8, 4) is 6.07 Å². The van der Waals surface area contributed by atoms with Gasteiger partial charge in [0.2, 0.25) is 11.7 Å². The van der Waals surface area contributed by atoms with Crippen molar-refractivity contribution in [2.75, 3.05) is 5.32 Å². The smallest absolute Gasteiger partial charge is 0.249 e. The summed E-state index contributed by atoms with van der Waals surface area (Å²) in [4.78, 5) is 27.0. The predicted molar refractivity (Wildman–Crippen MR) is 74.0 cm³/mol. The van der Waals surface area contributed by atoms with Gasteiger partial charge in [0, 0.05) is 11.9 Å². The van der Waals surface area contributed by atoms with E-state index in [0.717, 1.165) is 0 Å². The third-order valence-corrected chi connectivity index (χ3v) is 2.90. The summed E-state index contributed by atoms with van der Waals surface area (Å²) in [5.41, 5.74) is 1.55. The second-order valence-corrected chi connectivity index (χ2v) is 4.32. The molecule has 1 atom stereocenters. The minimum absolute atomic E-state index is 0.291. The monoisotopic (exact) mass is 267 g/mol. The zero-order chi connectivity index (χ0) is 14.5. The second-order valence-electron chi connectivity index (χ2n) is 4.32. The van der Waals surface area contributed by atoms with E-state index < -0.39 is 17.6 Å². The van der Waals surface area contributed by atoms with E-state index in [4.69, 9.17) is 5.26 Å². The maximum Gasteiger partial charge on any atom is 0.249 e. The number of nitriles is 1. The lowest BCUT2D eigenvalue weighted by molar-refractivity contribution is -0.117. The number of rotatable bonds is 4. The zero-order valence-electron chi connectivity index (χ0n) is 10.9. The van der Waals surface area contributed by atoms with Crippen molar-refractivity contribution < 1.29 is 9.59 Å². The average molecular weight is 267 g/mol. The predicted octanol–water partition coefficient (Wildman–Crippen LogP) is 2.28. The molecule has 1 aromatic heterocycles. The van der Waals surface area contributed by atoms with Gasteiger partial charge < -0.3 is 10.3 Å². The highest BCUT2D eigenvalue weighted by molar-refractivity contribution is 6.15. The number of para-hydroxylation sites is 1. The average Bonchev–Trinajstić information content (AvgIpc) is 2.86. The van der Waals surface area contributed by atoms with Crippen LogP contribution in [-0.2, 0) is 4.79 Å². The molecule has 20 heavy (non-hydrogen) atoms. The van der Waals surface area contributed by atoms with Crippen molar-refractivity contribution in [2.45, 2.75) is 6.92 Å². The minimum Gasteiger partial charge on any atom is -0.359 e. The summed E-state index contributed by atoms with van der Waals surface area (Å²) in [6.07, 6.45) is 1.60. The number of ketones is 1. The number of hydrogen-bond donors (Lipinski definition) is 2. The molecule has 0 radical (unpaired) electrons. The van der Waals surface area contributed by atoms with Gasteiger partial charge in [0.25, 0.3) is 0 Å². The summed E-state index contributed by atoms with van der Waals surface area (Å²) in [5, 5.41) is 11.6. The Bertz CT molecular complexity index is 668. The van der Waals surface area contributed by atoms with E-state index in [1.807, 2.05) is 6.07 Å². The summed E-state index contributed by atoms with van der Waals surface area (Å²) in [7, 11) is 0. The molecule has 1 amide bonds. The molecule has 1 heterocycles. The second kappa shape index (κ2) is 5.85. The van der Waals surface area contributed by atoms with Crippen molar-refractivity contribution in [1.82, 2.24) is 4.98 Å². The van der Waals surface area contributed by atoms with Crippen molar-refractivity contribution in [1.29, 1.82) is 5.26 Å². The summed E-state index contributed by atoms with van der Waals surface area (Å²) in [6, 6.07) is 12.2. The lowest BCUT2D eigenvalue weighted by atomic mass is 10.0. The number of Topliss-reactive ketones (excluding diaryl/α,β-unsaturated/α-hetero) is 1. The fourth-order valence-corrected chi connectivity index (χ4v) is 1.83. The number of carbonyl (C=O) groups is 2. The van der Waals surface area contributed by atoms with E-state index in [0.29, 0.717) is 16.9 Å². The number of benzene rings is 1. The molecule has 100 valence electrons. The van der Waals surface area contributed by atoms with Gasteiger partial charge in [-0.3, -0.25) is 9.59 Å². The topological polar surface area (TPSA) is 85.8 Å². The Morgan fingerprint density at radius 2 is 1.95 bits per heavy atom. The van der Waals surface area contributed by atoms with Gasteiger partial charge in [0.1, 0.15) is 0 Å². The Morgan fingerprint density at radius 3 is 2.50 bits per heavy atom. The van der Waals surface area contributed by atoms with Crippen LogP contribution in [0.4, 0.5) is 5.69 Å². The van der Waals surface area contributed by atoms with Gasteiger partial charge in [-0.15, -0.1) is 0 Å². The molecular formula is C15H13N3O2. The Morgan fingerprint density at radius 1 is 1.25 bits per heavy atom. The highest BCUT2D eigenvalue weighted by Crippen LogP contribution is 2.14. The minimum atomic E-state index is -1.37. The molecule has 0 saturated heterocycles. The van der Waals surface area contributed by atoms with Gasteiger partial charge >= 0.3 is 0 Å². The SMILES string of the molecule is Cc1cc[nH]c1C(=O)C(C#N)C(=O)Nc1ccccc1. The molecule has 2 rings (SSSR count). The highest BCUT2D eigenvalue weighted by atomic mass is 16.2. The number of amides is 1. The molecule has 2 N–H and O–H groups in total. The first-order valence-corrected chi connectivity index (χ1v) is 6.07. The van der Waals surface area contributed by atoms with Crippen LogP contribution in [0.15, 0.2) is 42.6 Å². The Balaban J connectivity index is 2.17. The number of anilines is 1. The molecule has 0 aliphatic heterocycles. The first-order valence-electron chi connectivity index (χ1n) is 6.07. The van der Waals surface area contributed by atoms with E-state index >= 15 is 0 Å². The summed E-state index contributed by atoms with van der Waals surface area (Å²) >= 11 is 0. The van der Waals surface area contributed by atoms with E-state index in [1.165, 1.54) is 0 Å². The van der Waals surface area contributed by atoms with Gasteiger partial charge in [0.05, 0.1) is 11.8 Å². The third-order valence-electron chi connectivity index (χ3n) is 2.90. The van der Waals surface area contributed by atoms with Crippen LogP contribution in [0.3, 0.4) is 0 Å². The van der Waals surface area contributed by atoms with Gasteiger partial charge in [0.15, 0.2) is 5.92 Å². The summed E-state index contributed by atoms with van der Waals surface area (Å²) in [6.45, 7) is 1.74. The lowest BCUT2D eigenvalue weighted by Gasteiger charge is -2.09. The number of aromatic nitrogens is 1. The number of nitrogens with one attached hydrogen (secondary N) is 2. The Labute approximate surface area is 116 Å². The molecule has 0 spiro atoms. The highest BCUT2D eigenvalue weighted by Gasteiger charge is 2.29. The van der Waals surface area contributed by atoms with Crippen LogP contribution in [-0.4, -0.2) is 16.7 Å². The van der Waals surface area contributed by atoms with Crippen LogP contribution < -0.4 is 5.32 Å². The maximum atomic E-state index is 12.2. The van der Waals surface area contributed by atoms with Crippen LogP contribution in [0.25, 0.3) is 0 Å². The molecule has 2 aromatic rings. The molecule has 0 bridgehead atoms. The van der Waals surface area contributed by atoms with E-state index in [-0.39, 0.29) is 0 Å². The van der Waals surface area contributed by atoms with Gasteiger partial charge in [-0.05, 0) is 30.7 Å². The number of aromatic amines is 1. The maximum absolute atomic E-state index is 12.2. The standard InChI is InChI=1S/C15H13N3O2/c1-10-7-8-17-13(10)14(19)12(9-16)15(20)18-11-5-3-2-4-6-11/h2-8,12,17H,1H3,(H,18,20). The van der Waals surface area contributed by atoms with E-state index in [2.05, 4.69) is 10.3 Å². The van der Waals surface area contributed by atoms with Gasteiger partial charge in [-0.25, -0.2) is 0 Å². The molecule has 0 fully saturated rings. The van der Waals surface area contributed by atoms with Crippen LogP contribution in [0.5, 0.6) is 0 Å². The molecule has 0 aliphatic rings. The number of hydrogen-bond acceptors (Lipinski definition) is 3. The lowest BCUT2D eigenvalue weighted by Crippen LogP contribution is -2.29. The zero-order valence-corrected chi connectivity index (χ0v) is 10.9.